The van der Waals surface area contributed by atoms with E-state index < -0.39 is 11.5 Å². The Labute approximate surface area is 173 Å². The predicted octanol–water partition coefficient (Wildman–Crippen LogP) is 2.53. The van der Waals surface area contributed by atoms with Crippen molar-refractivity contribution in [1.82, 2.24) is 14.7 Å². The van der Waals surface area contributed by atoms with Crippen LogP contribution >= 0.6 is 0 Å². The van der Waals surface area contributed by atoms with Crippen molar-refractivity contribution in [2.45, 2.75) is 24.3 Å². The van der Waals surface area contributed by atoms with Crippen LogP contribution in [0.3, 0.4) is 0 Å². The van der Waals surface area contributed by atoms with Crippen LogP contribution in [-0.4, -0.2) is 38.1 Å². The molecule has 2 aromatic carbocycles. The molecule has 7 heteroatoms. The molecular formula is C23H22N4O3. The van der Waals surface area contributed by atoms with Gasteiger partial charge in [0.15, 0.2) is 0 Å². The van der Waals surface area contributed by atoms with Gasteiger partial charge in [0.1, 0.15) is 11.2 Å². The number of aryl methyl sites for hydroxylation is 1. The second-order valence-electron chi connectivity index (χ2n) is 8.00. The number of aromatic nitrogens is 2. The molecule has 152 valence electrons. The lowest BCUT2D eigenvalue weighted by molar-refractivity contribution is -0.132. The Kier molecular flexibility index (Phi) is 4.13. The number of nitrogens with zero attached hydrogens (tertiary/aromatic N) is 3. The molecule has 2 aliphatic rings. The molecule has 0 bridgehead atoms. The van der Waals surface area contributed by atoms with Gasteiger partial charge in [0.2, 0.25) is 11.8 Å². The second-order valence-corrected chi connectivity index (χ2v) is 8.00. The lowest BCUT2D eigenvalue weighted by Crippen LogP contribution is -2.43. The Balaban J connectivity index is 1.58. The van der Waals surface area contributed by atoms with Crippen LogP contribution in [0.15, 0.2) is 60.9 Å². The molecule has 0 saturated carbocycles. The van der Waals surface area contributed by atoms with Gasteiger partial charge >= 0.3 is 0 Å². The van der Waals surface area contributed by atoms with Crippen molar-refractivity contribution in [3.05, 3.63) is 77.6 Å². The Morgan fingerprint density at radius 1 is 1.27 bits per heavy atom. The fraction of sp³-hybridized carbons (Fsp3) is 0.261. The van der Waals surface area contributed by atoms with Gasteiger partial charge in [-0.3, -0.25) is 14.3 Å². The molecule has 3 aromatic rings. The second kappa shape index (κ2) is 6.73. The minimum atomic E-state index is -0.839. The first-order valence-electron chi connectivity index (χ1n) is 9.96. The molecular weight excluding hydrogens is 380 g/mol. The summed E-state index contributed by atoms with van der Waals surface area (Å²) in [6, 6.07) is 14.0. The fourth-order valence-electron chi connectivity index (χ4n) is 4.94. The summed E-state index contributed by atoms with van der Waals surface area (Å²) in [6.07, 6.45) is 4.31. The van der Waals surface area contributed by atoms with Crippen molar-refractivity contribution in [3.63, 3.8) is 0 Å². The molecule has 3 heterocycles. The molecule has 0 radical (unpaired) electrons. The molecule has 0 aliphatic carbocycles. The number of anilines is 1. The largest absolute Gasteiger partial charge is 0.508 e. The van der Waals surface area contributed by atoms with E-state index in [9.17, 15) is 14.7 Å². The summed E-state index contributed by atoms with van der Waals surface area (Å²) in [4.78, 5) is 28.5. The van der Waals surface area contributed by atoms with E-state index in [0.717, 1.165) is 22.4 Å². The number of rotatable bonds is 3. The summed E-state index contributed by atoms with van der Waals surface area (Å²) in [5, 5.41) is 17.1. The van der Waals surface area contributed by atoms with Crippen molar-refractivity contribution in [2.75, 3.05) is 11.9 Å². The minimum absolute atomic E-state index is 0.0785. The van der Waals surface area contributed by atoms with Crippen LogP contribution in [-0.2, 0) is 28.5 Å². The zero-order valence-electron chi connectivity index (χ0n) is 16.6. The smallest absolute Gasteiger partial charge is 0.237 e. The monoisotopic (exact) mass is 402 g/mol. The highest BCUT2D eigenvalue weighted by molar-refractivity contribution is 6.07. The number of carbonyl (C=O) groups is 2. The zero-order valence-corrected chi connectivity index (χ0v) is 16.6. The molecule has 2 atom stereocenters. The lowest BCUT2D eigenvalue weighted by atomic mass is 9.73. The number of nitrogens with one attached hydrogen (secondary N) is 1. The first-order chi connectivity index (χ1) is 14.5. The van der Waals surface area contributed by atoms with Gasteiger partial charge in [0, 0.05) is 31.0 Å². The summed E-state index contributed by atoms with van der Waals surface area (Å²) in [5.74, 6) is -0.0279. The van der Waals surface area contributed by atoms with E-state index in [4.69, 9.17) is 0 Å². The molecule has 1 aromatic heterocycles. The number of benzene rings is 2. The molecule has 1 saturated heterocycles. The number of phenols is 1. The molecule has 7 nitrogen and oxygen atoms in total. The van der Waals surface area contributed by atoms with Gasteiger partial charge in [-0.1, -0.05) is 30.3 Å². The van der Waals surface area contributed by atoms with Gasteiger partial charge in [-0.05, 0) is 35.7 Å². The van der Waals surface area contributed by atoms with Crippen molar-refractivity contribution in [1.29, 1.82) is 0 Å². The van der Waals surface area contributed by atoms with E-state index >= 15 is 0 Å². The number of hydrogen-bond acceptors (Lipinski definition) is 4. The van der Waals surface area contributed by atoms with Gasteiger partial charge in [-0.15, -0.1) is 0 Å². The molecule has 2 aliphatic heterocycles. The molecule has 2 N–H and O–H groups in total. The standard InChI is InChI=1S/C23H22N4O3/c1-26-14-16(13-24-26)21-23(18-7-2-3-8-19(18)25-22(23)30)9-10-27(21)20(29)12-15-5-4-6-17(28)11-15/h2-8,11,13-14,21,28H,9-10,12H2,1H3,(H,25,30)/t21-,23+/m0/s1. The third-order valence-electron chi connectivity index (χ3n) is 6.21. The minimum Gasteiger partial charge on any atom is -0.508 e. The average molecular weight is 402 g/mol. The van der Waals surface area contributed by atoms with Gasteiger partial charge in [-0.2, -0.15) is 5.10 Å². The zero-order chi connectivity index (χ0) is 20.9. The van der Waals surface area contributed by atoms with E-state index in [1.165, 1.54) is 0 Å². The fourth-order valence-corrected chi connectivity index (χ4v) is 4.94. The highest BCUT2D eigenvalue weighted by Crippen LogP contribution is 2.54. The van der Waals surface area contributed by atoms with E-state index in [1.807, 2.05) is 43.6 Å². The average Bonchev–Trinajstić information content (AvgIpc) is 3.39. The first-order valence-corrected chi connectivity index (χ1v) is 9.96. The molecule has 2 amide bonds. The van der Waals surface area contributed by atoms with E-state index in [-0.39, 0.29) is 24.0 Å². The summed E-state index contributed by atoms with van der Waals surface area (Å²) in [5.41, 5.74) is 2.47. The summed E-state index contributed by atoms with van der Waals surface area (Å²) >= 11 is 0. The lowest BCUT2D eigenvalue weighted by Gasteiger charge is -2.33. The van der Waals surface area contributed by atoms with Gasteiger partial charge in [0.05, 0.1) is 18.7 Å². The number of fused-ring (bicyclic) bond motifs is 2. The third kappa shape index (κ3) is 2.69. The van der Waals surface area contributed by atoms with Gasteiger partial charge in [0.25, 0.3) is 0 Å². The predicted molar refractivity (Wildman–Crippen MR) is 111 cm³/mol. The number of amides is 2. The number of aromatic hydroxyl groups is 1. The van der Waals surface area contributed by atoms with Crippen molar-refractivity contribution in [2.24, 2.45) is 7.05 Å². The molecule has 30 heavy (non-hydrogen) atoms. The molecule has 0 unspecified atom stereocenters. The quantitative estimate of drug-likeness (QED) is 0.705. The van der Waals surface area contributed by atoms with Crippen LogP contribution in [0.2, 0.25) is 0 Å². The van der Waals surface area contributed by atoms with Crippen molar-refractivity contribution < 1.29 is 14.7 Å². The summed E-state index contributed by atoms with van der Waals surface area (Å²) in [6.45, 7) is 0.471. The number of hydrogen-bond donors (Lipinski definition) is 2. The molecule has 1 fully saturated rings. The summed E-state index contributed by atoms with van der Waals surface area (Å²) in [7, 11) is 1.83. The molecule has 1 spiro atoms. The Hall–Kier alpha value is -3.61. The Morgan fingerprint density at radius 3 is 2.87 bits per heavy atom. The van der Waals surface area contributed by atoms with Crippen LogP contribution in [0.4, 0.5) is 5.69 Å². The van der Waals surface area contributed by atoms with Crippen LogP contribution in [0.25, 0.3) is 0 Å². The first kappa shape index (κ1) is 18.4. The third-order valence-corrected chi connectivity index (χ3v) is 6.21. The Morgan fingerprint density at radius 2 is 2.10 bits per heavy atom. The normalized spacial score (nSPS) is 22.4. The number of para-hydroxylation sites is 1. The highest BCUT2D eigenvalue weighted by Gasteiger charge is 2.59. The maximum absolute atomic E-state index is 13.4. The maximum Gasteiger partial charge on any atom is 0.237 e. The maximum atomic E-state index is 13.4. The number of carbonyl (C=O) groups excluding carboxylic acids is 2. The van der Waals surface area contributed by atoms with E-state index in [2.05, 4.69) is 10.4 Å². The van der Waals surface area contributed by atoms with Gasteiger partial charge < -0.3 is 15.3 Å². The topological polar surface area (TPSA) is 87.5 Å². The molecule has 5 rings (SSSR count). The van der Waals surface area contributed by atoms with E-state index in [1.54, 1.807) is 34.0 Å². The van der Waals surface area contributed by atoms with Crippen LogP contribution in [0.5, 0.6) is 5.75 Å². The van der Waals surface area contributed by atoms with Crippen molar-refractivity contribution >= 4 is 17.5 Å². The Bertz CT molecular complexity index is 1150. The van der Waals surface area contributed by atoms with E-state index in [0.29, 0.717) is 13.0 Å². The highest BCUT2D eigenvalue weighted by atomic mass is 16.3. The van der Waals surface area contributed by atoms with Crippen molar-refractivity contribution in [3.8, 4) is 5.75 Å². The SMILES string of the molecule is Cn1cc([C@@H]2N(C(=O)Cc3cccc(O)c3)CC[C@]23C(=O)Nc2ccccc23)cn1. The number of phenolic OH excluding ortho intramolecular Hbond substituents is 1. The number of likely N-dealkylation sites (tertiary alicyclic amines) is 1. The van der Waals surface area contributed by atoms with Crippen LogP contribution < -0.4 is 5.32 Å². The summed E-state index contributed by atoms with van der Waals surface area (Å²) < 4.78 is 1.69. The van der Waals surface area contributed by atoms with Crippen LogP contribution in [0, 0.1) is 0 Å². The van der Waals surface area contributed by atoms with Crippen LogP contribution in [0.1, 0.15) is 29.2 Å². The van der Waals surface area contributed by atoms with Gasteiger partial charge in [-0.25, -0.2) is 0 Å².